The Morgan fingerprint density at radius 1 is 0.941 bits per heavy atom. The quantitative estimate of drug-likeness (QED) is 0.516. The molecule has 2 aromatic heterocycles. The minimum absolute atomic E-state index is 0.0832. The van der Waals surface area contributed by atoms with Crippen molar-refractivity contribution in [1.82, 2.24) is 24.6 Å². The predicted octanol–water partition coefficient (Wildman–Crippen LogP) is 2.54. The highest BCUT2D eigenvalue weighted by atomic mass is 16.4. The molecule has 184 valence electrons. The molecule has 11 nitrogen and oxygen atoms in total. The van der Waals surface area contributed by atoms with Crippen LogP contribution >= 0.6 is 0 Å². The van der Waals surface area contributed by atoms with Crippen molar-refractivity contribution in [2.45, 2.75) is 57.9 Å². The Morgan fingerprint density at radius 2 is 1.59 bits per heavy atom. The molecule has 1 amide bonds. The van der Waals surface area contributed by atoms with Crippen molar-refractivity contribution in [2.75, 3.05) is 25.0 Å². The SMILES string of the molecule is O=C(Nc1ncnc2c1cnn2CCN1CCCCCC1)C1CCCC1.O=C(O)C=CC(=O)O. The summed E-state index contributed by atoms with van der Waals surface area (Å²) in [4.78, 5) is 42.7. The van der Waals surface area contributed by atoms with Crippen LogP contribution in [0.15, 0.2) is 24.7 Å². The van der Waals surface area contributed by atoms with Crippen LogP contribution in [-0.4, -0.2) is 72.3 Å². The summed E-state index contributed by atoms with van der Waals surface area (Å²) in [7, 11) is 0. The molecule has 0 unspecified atom stereocenters. The summed E-state index contributed by atoms with van der Waals surface area (Å²) in [6.45, 7) is 4.16. The van der Waals surface area contributed by atoms with E-state index in [9.17, 15) is 14.4 Å². The van der Waals surface area contributed by atoms with Crippen molar-refractivity contribution in [3.63, 3.8) is 0 Å². The molecule has 3 heterocycles. The standard InChI is InChI=1S/C19H28N6O.C4H4O4/c26-19(15-7-3-4-8-15)23-17-16-13-22-25(18(16)21-14-20-17)12-11-24-9-5-1-2-6-10-24;5-3(6)1-2-4(7)8/h13-15H,1-12H2,(H,20,21,23,26);1-2H,(H,5,6)(H,7,8). The Balaban J connectivity index is 0.000000350. The highest BCUT2D eigenvalue weighted by Crippen LogP contribution is 2.27. The minimum Gasteiger partial charge on any atom is -0.478 e. The van der Waals surface area contributed by atoms with Gasteiger partial charge in [0.15, 0.2) is 5.65 Å². The smallest absolute Gasteiger partial charge is 0.328 e. The van der Waals surface area contributed by atoms with Gasteiger partial charge in [0.2, 0.25) is 5.91 Å². The van der Waals surface area contributed by atoms with Gasteiger partial charge < -0.3 is 20.4 Å². The minimum atomic E-state index is -1.26. The molecule has 11 heteroatoms. The van der Waals surface area contributed by atoms with Gasteiger partial charge in [-0.05, 0) is 38.8 Å². The average Bonchev–Trinajstić information content (AvgIpc) is 3.42. The number of hydrogen-bond donors (Lipinski definition) is 3. The maximum Gasteiger partial charge on any atom is 0.328 e. The number of carboxylic acid groups (broad SMARTS) is 2. The van der Waals surface area contributed by atoms with Crippen molar-refractivity contribution in [1.29, 1.82) is 0 Å². The van der Waals surface area contributed by atoms with Gasteiger partial charge in [-0.3, -0.25) is 4.79 Å². The van der Waals surface area contributed by atoms with Gasteiger partial charge in [0.25, 0.3) is 0 Å². The number of likely N-dealkylation sites (tertiary alicyclic amines) is 1. The number of fused-ring (bicyclic) bond motifs is 1. The lowest BCUT2D eigenvalue weighted by molar-refractivity contribution is -0.134. The third kappa shape index (κ3) is 7.62. The number of nitrogens with one attached hydrogen (secondary N) is 1. The maximum atomic E-state index is 12.4. The molecule has 2 aliphatic rings. The fraction of sp³-hybridized carbons (Fsp3) is 0.565. The van der Waals surface area contributed by atoms with Crippen LogP contribution < -0.4 is 5.32 Å². The summed E-state index contributed by atoms with van der Waals surface area (Å²) in [6, 6.07) is 0. The van der Waals surface area contributed by atoms with E-state index in [4.69, 9.17) is 10.2 Å². The van der Waals surface area contributed by atoms with Crippen LogP contribution in [-0.2, 0) is 20.9 Å². The molecule has 34 heavy (non-hydrogen) atoms. The molecule has 0 radical (unpaired) electrons. The maximum absolute atomic E-state index is 12.4. The number of amides is 1. The highest BCUT2D eigenvalue weighted by Gasteiger charge is 2.24. The Morgan fingerprint density at radius 3 is 2.21 bits per heavy atom. The average molecular weight is 473 g/mol. The van der Waals surface area contributed by atoms with Gasteiger partial charge in [0.1, 0.15) is 12.1 Å². The summed E-state index contributed by atoms with van der Waals surface area (Å²) >= 11 is 0. The number of aromatic nitrogens is 4. The monoisotopic (exact) mass is 472 g/mol. The first-order chi connectivity index (χ1) is 16.4. The number of carbonyl (C=O) groups is 3. The molecular formula is C23H32N6O5. The van der Waals surface area contributed by atoms with Gasteiger partial charge >= 0.3 is 11.9 Å². The molecule has 4 rings (SSSR count). The predicted molar refractivity (Wildman–Crippen MR) is 125 cm³/mol. The van der Waals surface area contributed by atoms with Crippen molar-refractivity contribution in [3.8, 4) is 0 Å². The lowest BCUT2D eigenvalue weighted by Gasteiger charge is -2.19. The fourth-order valence-corrected chi connectivity index (χ4v) is 4.30. The van der Waals surface area contributed by atoms with Crippen LogP contribution in [0.4, 0.5) is 5.82 Å². The topological polar surface area (TPSA) is 151 Å². The summed E-state index contributed by atoms with van der Waals surface area (Å²) in [5.74, 6) is -1.72. The molecule has 2 fully saturated rings. The van der Waals surface area contributed by atoms with Crippen LogP contribution in [0.2, 0.25) is 0 Å². The number of nitrogens with zero attached hydrogens (tertiary/aromatic N) is 5. The second-order valence-corrected chi connectivity index (χ2v) is 8.56. The zero-order valence-corrected chi connectivity index (χ0v) is 19.2. The molecule has 1 aliphatic carbocycles. The van der Waals surface area contributed by atoms with Gasteiger partial charge in [0.05, 0.1) is 18.1 Å². The van der Waals surface area contributed by atoms with Crippen molar-refractivity contribution in [3.05, 3.63) is 24.7 Å². The van der Waals surface area contributed by atoms with E-state index in [2.05, 4.69) is 25.3 Å². The summed E-state index contributed by atoms with van der Waals surface area (Å²) in [5.41, 5.74) is 0.802. The number of hydrogen-bond acceptors (Lipinski definition) is 7. The van der Waals surface area contributed by atoms with Gasteiger partial charge in [-0.2, -0.15) is 5.10 Å². The summed E-state index contributed by atoms with van der Waals surface area (Å²) in [6.07, 6.45) is 13.9. The normalized spacial score (nSPS) is 17.3. The first-order valence-corrected chi connectivity index (χ1v) is 11.8. The molecule has 2 aromatic rings. The number of carbonyl (C=O) groups excluding carboxylic acids is 1. The number of anilines is 1. The molecule has 0 atom stereocenters. The van der Waals surface area contributed by atoms with E-state index < -0.39 is 11.9 Å². The zero-order chi connectivity index (χ0) is 24.3. The van der Waals surface area contributed by atoms with Gasteiger partial charge in [-0.25, -0.2) is 24.2 Å². The van der Waals surface area contributed by atoms with E-state index in [1.807, 2.05) is 4.68 Å². The molecule has 3 N–H and O–H groups in total. The van der Waals surface area contributed by atoms with E-state index >= 15 is 0 Å². The molecule has 1 saturated heterocycles. The van der Waals surface area contributed by atoms with Crippen LogP contribution in [0.3, 0.4) is 0 Å². The number of aliphatic carboxylic acids is 2. The van der Waals surface area contributed by atoms with E-state index in [-0.39, 0.29) is 11.8 Å². The lowest BCUT2D eigenvalue weighted by atomic mass is 10.1. The lowest BCUT2D eigenvalue weighted by Crippen LogP contribution is -2.28. The Bertz CT molecular complexity index is 990. The van der Waals surface area contributed by atoms with Gasteiger partial charge in [0, 0.05) is 24.6 Å². The van der Waals surface area contributed by atoms with Crippen LogP contribution in [0.25, 0.3) is 11.0 Å². The third-order valence-corrected chi connectivity index (χ3v) is 6.10. The van der Waals surface area contributed by atoms with E-state index in [1.165, 1.54) is 45.1 Å². The molecule has 0 bridgehead atoms. The molecule has 0 aromatic carbocycles. The first-order valence-electron chi connectivity index (χ1n) is 11.8. The van der Waals surface area contributed by atoms with E-state index in [0.717, 1.165) is 49.8 Å². The summed E-state index contributed by atoms with van der Waals surface area (Å²) < 4.78 is 1.94. The van der Waals surface area contributed by atoms with E-state index in [0.29, 0.717) is 18.0 Å². The largest absolute Gasteiger partial charge is 0.478 e. The van der Waals surface area contributed by atoms with Crippen molar-refractivity contribution in [2.24, 2.45) is 5.92 Å². The number of rotatable bonds is 7. The van der Waals surface area contributed by atoms with Gasteiger partial charge in [-0.1, -0.05) is 25.7 Å². The van der Waals surface area contributed by atoms with Crippen LogP contribution in [0, 0.1) is 5.92 Å². The van der Waals surface area contributed by atoms with Crippen molar-refractivity contribution < 1.29 is 24.6 Å². The van der Waals surface area contributed by atoms with Crippen LogP contribution in [0.1, 0.15) is 51.4 Å². The highest BCUT2D eigenvalue weighted by molar-refractivity contribution is 5.99. The Hall–Kier alpha value is -3.34. The second kappa shape index (κ2) is 12.8. The zero-order valence-electron chi connectivity index (χ0n) is 19.2. The van der Waals surface area contributed by atoms with E-state index in [1.54, 1.807) is 6.20 Å². The van der Waals surface area contributed by atoms with Crippen LogP contribution in [0.5, 0.6) is 0 Å². The number of carboxylic acids is 2. The van der Waals surface area contributed by atoms with Crippen molar-refractivity contribution >= 4 is 34.7 Å². The first kappa shape index (κ1) is 25.3. The fourth-order valence-electron chi connectivity index (χ4n) is 4.30. The Labute approximate surface area is 197 Å². The second-order valence-electron chi connectivity index (χ2n) is 8.56. The molecule has 1 saturated carbocycles. The van der Waals surface area contributed by atoms with Gasteiger partial charge in [-0.15, -0.1) is 0 Å². The Kier molecular flexibility index (Phi) is 9.51. The molecular weight excluding hydrogens is 440 g/mol. The summed E-state index contributed by atoms with van der Waals surface area (Å²) in [5, 5.41) is 24.0. The molecule has 0 spiro atoms. The molecule has 1 aliphatic heterocycles. The third-order valence-electron chi connectivity index (χ3n) is 6.10.